The molecule has 0 heterocycles. The third-order valence-electron chi connectivity index (χ3n) is 4.83. The van der Waals surface area contributed by atoms with Crippen molar-refractivity contribution >= 4 is 5.97 Å². The standard InChI is InChI=1S/C19H39NO2/c1-14(2)13-19(10,18(7,8)9)17(21)22-12-11-20(15(3)4)16(5)6/h14-16H,11-13H2,1-10H3. The smallest absolute Gasteiger partial charge is 0.312 e. The van der Waals surface area contributed by atoms with Gasteiger partial charge in [-0.25, -0.2) is 0 Å². The van der Waals surface area contributed by atoms with Crippen LogP contribution in [0.1, 0.15) is 75.7 Å². The molecule has 0 spiro atoms. The molecule has 0 aliphatic heterocycles. The Morgan fingerprint density at radius 1 is 0.955 bits per heavy atom. The Balaban J connectivity index is 4.79. The molecule has 0 bridgehead atoms. The minimum absolute atomic E-state index is 0.0545. The van der Waals surface area contributed by atoms with Crippen LogP contribution in [0.5, 0.6) is 0 Å². The summed E-state index contributed by atoms with van der Waals surface area (Å²) in [5.74, 6) is 0.417. The molecule has 0 saturated carbocycles. The Morgan fingerprint density at radius 2 is 1.41 bits per heavy atom. The lowest BCUT2D eigenvalue weighted by Crippen LogP contribution is -2.44. The lowest BCUT2D eigenvalue weighted by atomic mass is 9.64. The molecule has 3 heteroatoms. The van der Waals surface area contributed by atoms with E-state index in [0.29, 0.717) is 24.6 Å². The van der Waals surface area contributed by atoms with Gasteiger partial charge in [0.2, 0.25) is 0 Å². The molecule has 1 unspecified atom stereocenters. The summed E-state index contributed by atoms with van der Waals surface area (Å²) in [6.07, 6.45) is 0.855. The van der Waals surface area contributed by atoms with Crippen LogP contribution in [-0.2, 0) is 9.53 Å². The first-order valence-corrected chi connectivity index (χ1v) is 8.76. The predicted molar refractivity (Wildman–Crippen MR) is 95.0 cm³/mol. The molecule has 0 aromatic rings. The second-order valence-corrected chi connectivity index (χ2v) is 8.74. The quantitative estimate of drug-likeness (QED) is 0.606. The van der Waals surface area contributed by atoms with Crippen molar-refractivity contribution in [3.63, 3.8) is 0 Å². The molecule has 0 aliphatic rings. The third kappa shape index (κ3) is 5.91. The van der Waals surface area contributed by atoms with Crippen molar-refractivity contribution in [2.75, 3.05) is 13.2 Å². The molecule has 0 saturated heterocycles. The van der Waals surface area contributed by atoms with Gasteiger partial charge in [-0.15, -0.1) is 0 Å². The van der Waals surface area contributed by atoms with E-state index < -0.39 is 5.41 Å². The molecule has 3 nitrogen and oxygen atoms in total. The van der Waals surface area contributed by atoms with Gasteiger partial charge in [0.25, 0.3) is 0 Å². The summed E-state index contributed by atoms with van der Waals surface area (Å²) < 4.78 is 5.68. The highest BCUT2D eigenvalue weighted by Gasteiger charge is 2.45. The Labute approximate surface area is 138 Å². The molecule has 0 aromatic carbocycles. The fourth-order valence-electron chi connectivity index (χ4n) is 3.03. The van der Waals surface area contributed by atoms with Crippen LogP contribution in [0.15, 0.2) is 0 Å². The second-order valence-electron chi connectivity index (χ2n) is 8.74. The molecule has 0 aliphatic carbocycles. The van der Waals surface area contributed by atoms with Crippen molar-refractivity contribution in [1.82, 2.24) is 4.90 Å². The van der Waals surface area contributed by atoms with E-state index in [1.54, 1.807) is 0 Å². The van der Waals surface area contributed by atoms with Crippen LogP contribution < -0.4 is 0 Å². The van der Waals surface area contributed by atoms with Gasteiger partial charge in [-0.05, 0) is 52.4 Å². The number of rotatable bonds is 8. The molecule has 0 aromatic heterocycles. The van der Waals surface area contributed by atoms with Gasteiger partial charge >= 0.3 is 5.97 Å². The predicted octanol–water partition coefficient (Wildman–Crippen LogP) is 4.75. The second kappa shape index (κ2) is 8.33. The summed E-state index contributed by atoms with van der Waals surface area (Å²) in [7, 11) is 0. The van der Waals surface area contributed by atoms with Gasteiger partial charge in [0, 0.05) is 18.6 Å². The highest BCUT2D eigenvalue weighted by atomic mass is 16.5. The molecule has 0 fully saturated rings. The zero-order chi connectivity index (χ0) is 17.7. The lowest BCUT2D eigenvalue weighted by Gasteiger charge is -2.41. The van der Waals surface area contributed by atoms with Gasteiger partial charge in [-0.3, -0.25) is 9.69 Å². The lowest BCUT2D eigenvalue weighted by molar-refractivity contribution is -0.164. The maximum absolute atomic E-state index is 12.7. The summed E-state index contributed by atoms with van der Waals surface area (Å²) in [5.41, 5.74) is -0.550. The minimum Gasteiger partial charge on any atom is -0.464 e. The normalized spacial score (nSPS) is 15.7. The topological polar surface area (TPSA) is 29.5 Å². The number of nitrogens with zero attached hydrogens (tertiary/aromatic N) is 1. The Bertz CT molecular complexity index is 334. The van der Waals surface area contributed by atoms with Crippen LogP contribution in [-0.4, -0.2) is 36.1 Å². The van der Waals surface area contributed by atoms with Gasteiger partial charge in [-0.2, -0.15) is 0 Å². The highest BCUT2D eigenvalue weighted by Crippen LogP contribution is 2.44. The molecular formula is C19H39NO2. The van der Waals surface area contributed by atoms with Gasteiger partial charge in [0.15, 0.2) is 0 Å². The van der Waals surface area contributed by atoms with Gasteiger partial charge in [0.1, 0.15) is 6.61 Å². The number of carbonyl (C=O) groups is 1. The first kappa shape index (κ1) is 21.4. The minimum atomic E-state index is -0.443. The molecule has 1 atom stereocenters. The van der Waals surface area contributed by atoms with Crippen molar-refractivity contribution in [3.05, 3.63) is 0 Å². The fourth-order valence-corrected chi connectivity index (χ4v) is 3.03. The Morgan fingerprint density at radius 3 is 1.73 bits per heavy atom. The maximum atomic E-state index is 12.7. The van der Waals surface area contributed by atoms with Crippen molar-refractivity contribution in [2.24, 2.45) is 16.7 Å². The van der Waals surface area contributed by atoms with Gasteiger partial charge < -0.3 is 4.74 Å². The zero-order valence-electron chi connectivity index (χ0n) is 16.6. The first-order valence-electron chi connectivity index (χ1n) is 8.76. The van der Waals surface area contributed by atoms with Crippen molar-refractivity contribution < 1.29 is 9.53 Å². The van der Waals surface area contributed by atoms with E-state index >= 15 is 0 Å². The summed E-state index contributed by atoms with van der Waals surface area (Å²) in [6.45, 7) is 22.8. The van der Waals surface area contributed by atoms with Crippen LogP contribution in [0.4, 0.5) is 0 Å². The molecule has 22 heavy (non-hydrogen) atoms. The number of esters is 1. The van der Waals surface area contributed by atoms with Crippen molar-refractivity contribution in [2.45, 2.75) is 87.7 Å². The largest absolute Gasteiger partial charge is 0.464 e. The van der Waals surface area contributed by atoms with Crippen molar-refractivity contribution in [3.8, 4) is 0 Å². The number of hydrogen-bond donors (Lipinski definition) is 0. The van der Waals surface area contributed by atoms with Crippen LogP contribution >= 0.6 is 0 Å². The SMILES string of the molecule is CC(C)CC(C)(C(=O)OCCN(C(C)C)C(C)C)C(C)(C)C. The van der Waals surface area contributed by atoms with E-state index in [1.165, 1.54) is 0 Å². The van der Waals surface area contributed by atoms with Crippen LogP contribution in [0.25, 0.3) is 0 Å². The Hall–Kier alpha value is -0.570. The van der Waals surface area contributed by atoms with E-state index in [1.807, 2.05) is 0 Å². The summed E-state index contributed by atoms with van der Waals surface area (Å²) in [6, 6.07) is 0.923. The van der Waals surface area contributed by atoms with E-state index in [0.717, 1.165) is 13.0 Å². The van der Waals surface area contributed by atoms with E-state index in [-0.39, 0.29) is 11.4 Å². The van der Waals surface area contributed by atoms with Crippen LogP contribution in [0.2, 0.25) is 0 Å². The van der Waals surface area contributed by atoms with Gasteiger partial charge in [-0.1, -0.05) is 34.6 Å². The summed E-state index contributed by atoms with van der Waals surface area (Å²) >= 11 is 0. The van der Waals surface area contributed by atoms with E-state index in [2.05, 4.69) is 74.1 Å². The maximum Gasteiger partial charge on any atom is 0.312 e. The number of carbonyl (C=O) groups excluding carboxylic acids is 1. The molecule has 0 N–H and O–H groups in total. The molecule has 0 amide bonds. The molecular weight excluding hydrogens is 274 g/mol. The average molecular weight is 314 g/mol. The van der Waals surface area contributed by atoms with Gasteiger partial charge in [0.05, 0.1) is 5.41 Å². The highest BCUT2D eigenvalue weighted by molar-refractivity contribution is 5.77. The third-order valence-corrected chi connectivity index (χ3v) is 4.83. The summed E-state index contributed by atoms with van der Waals surface area (Å²) in [5, 5.41) is 0. The zero-order valence-corrected chi connectivity index (χ0v) is 16.6. The van der Waals surface area contributed by atoms with Crippen LogP contribution in [0.3, 0.4) is 0 Å². The van der Waals surface area contributed by atoms with E-state index in [9.17, 15) is 4.79 Å². The van der Waals surface area contributed by atoms with E-state index in [4.69, 9.17) is 4.74 Å². The molecule has 0 rings (SSSR count). The monoisotopic (exact) mass is 313 g/mol. The molecule has 132 valence electrons. The molecule has 0 radical (unpaired) electrons. The first-order chi connectivity index (χ1) is 9.83. The average Bonchev–Trinajstić information content (AvgIpc) is 2.30. The summed E-state index contributed by atoms with van der Waals surface area (Å²) in [4.78, 5) is 15.1. The van der Waals surface area contributed by atoms with Crippen molar-refractivity contribution in [1.29, 1.82) is 0 Å². The number of ether oxygens (including phenoxy) is 1. The Kier molecular flexibility index (Phi) is 8.11. The van der Waals surface area contributed by atoms with Crippen LogP contribution in [0, 0.1) is 16.7 Å². The fraction of sp³-hybridized carbons (Fsp3) is 0.947. The number of hydrogen-bond acceptors (Lipinski definition) is 3.